The molecule has 4 aromatic carbocycles. The second-order valence-corrected chi connectivity index (χ2v) is 8.51. The second kappa shape index (κ2) is 8.02. The number of nitriles is 1. The fourth-order valence-corrected chi connectivity index (χ4v) is 3.70. The molecular weight excluding hydrogens is 439 g/mol. The van der Waals surface area contributed by atoms with Crippen molar-refractivity contribution in [3.05, 3.63) is 90.5 Å². The number of hydrogen-bond donors (Lipinski definition) is 0. The Labute approximate surface area is 182 Å². The first-order valence-corrected chi connectivity index (χ1v) is 10.7. The quantitative estimate of drug-likeness (QED) is 0.270. The van der Waals surface area contributed by atoms with E-state index in [-0.39, 0.29) is 0 Å². The van der Waals surface area contributed by atoms with Gasteiger partial charge in [0.05, 0.1) is 11.6 Å². The summed E-state index contributed by atoms with van der Waals surface area (Å²) in [5.41, 5.74) is -1.19. The van der Waals surface area contributed by atoms with Crippen molar-refractivity contribution in [2.45, 2.75) is 5.51 Å². The number of halogens is 3. The first-order chi connectivity index (χ1) is 15.2. The molecule has 0 aliphatic carbocycles. The third kappa shape index (κ3) is 4.29. The Hall–Kier alpha value is -3.83. The van der Waals surface area contributed by atoms with Gasteiger partial charge in [0.15, 0.2) is 0 Å². The van der Waals surface area contributed by atoms with Crippen molar-refractivity contribution in [2.24, 2.45) is 0 Å². The largest absolute Gasteiger partial charge is 0.534 e. The van der Waals surface area contributed by atoms with Crippen LogP contribution in [0.2, 0.25) is 0 Å². The van der Waals surface area contributed by atoms with Gasteiger partial charge in [0.25, 0.3) is 0 Å². The molecule has 0 saturated carbocycles. The number of hydrogen-bond acceptors (Lipinski definition) is 4. The smallest absolute Gasteiger partial charge is 0.376 e. The van der Waals surface area contributed by atoms with Gasteiger partial charge in [-0.1, -0.05) is 48.5 Å². The summed E-state index contributed by atoms with van der Waals surface area (Å²) in [7, 11) is -5.72. The maximum Gasteiger partial charge on any atom is 0.534 e. The molecule has 0 saturated heterocycles. The molecule has 0 aliphatic rings. The lowest BCUT2D eigenvalue weighted by Gasteiger charge is -2.11. The molecule has 0 N–H and O–H groups in total. The molecule has 0 aromatic heterocycles. The highest BCUT2D eigenvalue weighted by atomic mass is 32.2. The van der Waals surface area contributed by atoms with Gasteiger partial charge in [0.2, 0.25) is 0 Å². The topological polar surface area (TPSA) is 67.2 Å². The molecule has 0 atom stereocenters. The third-order valence-corrected chi connectivity index (χ3v) is 5.82. The average molecular weight is 453 g/mol. The van der Waals surface area contributed by atoms with Crippen LogP contribution < -0.4 is 4.18 Å². The molecule has 32 heavy (non-hydrogen) atoms. The molecule has 0 spiro atoms. The van der Waals surface area contributed by atoms with Crippen LogP contribution in [0.3, 0.4) is 0 Å². The average Bonchev–Trinajstić information content (AvgIpc) is 2.78. The number of alkyl halides is 3. The van der Waals surface area contributed by atoms with Gasteiger partial charge in [0, 0.05) is 0 Å². The SMILES string of the molecule is N#Cc1ccc(-c2cccc(-c3ccc4cc(OS(=O)(=O)C(F)(F)F)ccc4c3)c2)cc1. The van der Waals surface area contributed by atoms with E-state index in [4.69, 9.17) is 5.26 Å². The summed E-state index contributed by atoms with van der Waals surface area (Å²) >= 11 is 0. The van der Waals surface area contributed by atoms with Crippen molar-refractivity contribution in [3.63, 3.8) is 0 Å². The maximum atomic E-state index is 12.5. The first kappa shape index (κ1) is 21.4. The molecule has 8 heteroatoms. The summed E-state index contributed by atoms with van der Waals surface area (Å²) in [6, 6.07) is 26.4. The minimum Gasteiger partial charge on any atom is -0.376 e. The van der Waals surface area contributed by atoms with Crippen LogP contribution in [-0.4, -0.2) is 13.9 Å². The maximum absolute atomic E-state index is 12.5. The normalized spacial score (nSPS) is 11.8. The Morgan fingerprint density at radius 1 is 0.719 bits per heavy atom. The molecule has 0 amide bonds. The lowest BCUT2D eigenvalue weighted by atomic mass is 9.97. The Balaban J connectivity index is 1.65. The van der Waals surface area contributed by atoms with Crippen molar-refractivity contribution in [1.29, 1.82) is 5.26 Å². The van der Waals surface area contributed by atoms with E-state index in [0.717, 1.165) is 22.3 Å². The van der Waals surface area contributed by atoms with Crippen LogP contribution in [0.1, 0.15) is 5.56 Å². The van der Waals surface area contributed by atoms with E-state index < -0.39 is 21.4 Å². The summed E-state index contributed by atoms with van der Waals surface area (Å²) in [5, 5.41) is 10.2. The molecule has 0 bridgehead atoms. The highest BCUT2D eigenvalue weighted by Gasteiger charge is 2.48. The fraction of sp³-hybridized carbons (Fsp3) is 0.0417. The molecule has 0 radical (unpaired) electrons. The Kier molecular flexibility index (Phi) is 5.36. The number of nitrogens with zero attached hydrogens (tertiary/aromatic N) is 1. The summed E-state index contributed by atoms with van der Waals surface area (Å²) in [6.45, 7) is 0. The van der Waals surface area contributed by atoms with Crippen molar-refractivity contribution in [2.75, 3.05) is 0 Å². The predicted molar refractivity (Wildman–Crippen MR) is 115 cm³/mol. The molecule has 160 valence electrons. The summed E-state index contributed by atoms with van der Waals surface area (Å²) < 4.78 is 64.3. The zero-order valence-corrected chi connectivity index (χ0v) is 17.1. The van der Waals surface area contributed by atoms with Crippen LogP contribution in [0.25, 0.3) is 33.0 Å². The van der Waals surface area contributed by atoms with E-state index in [1.807, 2.05) is 42.5 Å². The predicted octanol–water partition coefficient (Wildman–Crippen LogP) is 6.27. The van der Waals surface area contributed by atoms with Crippen LogP contribution >= 0.6 is 0 Å². The molecular formula is C24H14F3NO3S. The van der Waals surface area contributed by atoms with Crippen LogP contribution in [0.15, 0.2) is 84.9 Å². The van der Waals surface area contributed by atoms with E-state index in [2.05, 4.69) is 10.3 Å². The van der Waals surface area contributed by atoms with Crippen LogP contribution in [-0.2, 0) is 10.1 Å². The van der Waals surface area contributed by atoms with Crippen LogP contribution in [0.5, 0.6) is 5.75 Å². The van der Waals surface area contributed by atoms with E-state index in [1.54, 1.807) is 24.3 Å². The van der Waals surface area contributed by atoms with E-state index >= 15 is 0 Å². The van der Waals surface area contributed by atoms with E-state index in [1.165, 1.54) is 18.2 Å². The van der Waals surface area contributed by atoms with E-state index in [9.17, 15) is 21.6 Å². The van der Waals surface area contributed by atoms with Gasteiger partial charge in [-0.25, -0.2) is 0 Å². The van der Waals surface area contributed by atoms with Gasteiger partial charge in [-0.15, -0.1) is 0 Å². The van der Waals surface area contributed by atoms with Gasteiger partial charge < -0.3 is 4.18 Å². The summed E-state index contributed by atoms with van der Waals surface area (Å²) in [5.74, 6) is -0.412. The summed E-state index contributed by atoms with van der Waals surface area (Å²) in [6.07, 6.45) is 0. The molecule has 0 unspecified atom stereocenters. The number of benzene rings is 4. The number of rotatable bonds is 4. The zero-order valence-electron chi connectivity index (χ0n) is 16.3. The van der Waals surface area contributed by atoms with Crippen molar-refractivity contribution in [1.82, 2.24) is 0 Å². The van der Waals surface area contributed by atoms with Crippen LogP contribution in [0, 0.1) is 11.3 Å². The highest BCUT2D eigenvalue weighted by Crippen LogP contribution is 2.32. The standard InChI is InChI=1S/C24H14F3NO3S/c25-24(26,27)32(29,30)31-23-11-10-21-13-20(8-9-22(21)14-23)19-3-1-2-18(12-19)17-6-4-16(15-28)5-7-17/h1-14H. The second-order valence-electron chi connectivity index (χ2n) is 6.98. The summed E-state index contributed by atoms with van der Waals surface area (Å²) in [4.78, 5) is 0. The Morgan fingerprint density at radius 3 is 1.94 bits per heavy atom. The Bertz CT molecular complexity index is 1450. The fourth-order valence-electron chi connectivity index (χ4n) is 3.24. The van der Waals surface area contributed by atoms with Gasteiger partial charge in [0.1, 0.15) is 5.75 Å². The van der Waals surface area contributed by atoms with Crippen LogP contribution in [0.4, 0.5) is 13.2 Å². The van der Waals surface area contributed by atoms with E-state index in [0.29, 0.717) is 16.3 Å². The lowest BCUT2D eigenvalue weighted by molar-refractivity contribution is -0.0500. The van der Waals surface area contributed by atoms with Crippen molar-refractivity contribution >= 4 is 20.9 Å². The Morgan fingerprint density at radius 2 is 1.28 bits per heavy atom. The monoisotopic (exact) mass is 453 g/mol. The molecule has 4 aromatic rings. The van der Waals surface area contributed by atoms with Crippen molar-refractivity contribution in [3.8, 4) is 34.1 Å². The molecule has 0 aliphatic heterocycles. The zero-order chi connectivity index (χ0) is 22.9. The minimum atomic E-state index is -5.72. The highest BCUT2D eigenvalue weighted by molar-refractivity contribution is 7.88. The van der Waals surface area contributed by atoms with Gasteiger partial charge >= 0.3 is 15.6 Å². The first-order valence-electron chi connectivity index (χ1n) is 9.32. The third-order valence-electron chi connectivity index (χ3n) is 4.84. The molecule has 0 heterocycles. The molecule has 4 nitrogen and oxygen atoms in total. The number of fused-ring (bicyclic) bond motifs is 1. The minimum absolute atomic E-state index is 0.412. The van der Waals surface area contributed by atoms with Gasteiger partial charge in [-0.05, 0) is 69.4 Å². The lowest BCUT2D eigenvalue weighted by Crippen LogP contribution is -2.28. The molecule has 4 rings (SSSR count). The van der Waals surface area contributed by atoms with Gasteiger partial charge in [-0.3, -0.25) is 0 Å². The van der Waals surface area contributed by atoms with Crippen molar-refractivity contribution < 1.29 is 25.8 Å². The molecule has 0 fully saturated rings. The van der Waals surface area contributed by atoms with Gasteiger partial charge in [-0.2, -0.15) is 26.9 Å².